The van der Waals surface area contributed by atoms with Crippen LogP contribution in [0.15, 0.2) is 42.9 Å². The summed E-state index contributed by atoms with van der Waals surface area (Å²) in [4.78, 5) is 17.1. The van der Waals surface area contributed by atoms with Crippen molar-refractivity contribution in [1.29, 1.82) is 0 Å². The Morgan fingerprint density at radius 1 is 1.42 bits per heavy atom. The summed E-state index contributed by atoms with van der Waals surface area (Å²) in [7, 11) is 0. The second kappa shape index (κ2) is 8.65. The van der Waals surface area contributed by atoms with Crippen LogP contribution >= 0.6 is 11.6 Å². The number of aromatic nitrogens is 5. The van der Waals surface area contributed by atoms with Gasteiger partial charge in [0.1, 0.15) is 17.6 Å². The molecule has 0 saturated carbocycles. The fourth-order valence-electron chi connectivity index (χ4n) is 3.20. The highest BCUT2D eigenvalue weighted by atomic mass is 35.5. The van der Waals surface area contributed by atoms with Gasteiger partial charge in [-0.1, -0.05) is 21.2 Å². The van der Waals surface area contributed by atoms with Crippen molar-refractivity contribution in [3.63, 3.8) is 0 Å². The van der Waals surface area contributed by atoms with Crippen molar-refractivity contribution in [1.82, 2.24) is 19.4 Å². The highest BCUT2D eigenvalue weighted by Crippen LogP contribution is 2.37. The number of ether oxygens (including phenoxy) is 1. The van der Waals surface area contributed by atoms with Crippen molar-refractivity contribution >= 4 is 28.8 Å². The van der Waals surface area contributed by atoms with Gasteiger partial charge in [-0.15, -0.1) is 4.98 Å². The first kappa shape index (κ1) is 22.4. The lowest BCUT2D eigenvalue weighted by Crippen LogP contribution is -2.26. The van der Waals surface area contributed by atoms with Gasteiger partial charge in [-0.25, -0.2) is 0 Å². The zero-order valence-electron chi connectivity index (χ0n) is 17.5. The lowest BCUT2D eigenvalue weighted by Gasteiger charge is -2.16. The van der Waals surface area contributed by atoms with Crippen LogP contribution in [-0.2, 0) is 6.54 Å². The largest absolute Gasteiger partial charge is 0.434 e. The maximum absolute atomic E-state index is 13.0. The Labute approximate surface area is 191 Å². The van der Waals surface area contributed by atoms with Crippen molar-refractivity contribution in [3.8, 4) is 17.0 Å². The van der Waals surface area contributed by atoms with E-state index < -0.39 is 18.1 Å². The van der Waals surface area contributed by atoms with E-state index in [2.05, 4.69) is 31.4 Å². The monoisotopic (exact) mass is 475 g/mol. The van der Waals surface area contributed by atoms with Crippen molar-refractivity contribution in [2.75, 3.05) is 5.32 Å². The third kappa shape index (κ3) is 5.02. The van der Waals surface area contributed by atoms with Crippen molar-refractivity contribution < 1.29 is 28.4 Å². The molecule has 170 valence electrons. The first-order valence-corrected chi connectivity index (χ1v) is 10.0. The predicted octanol–water partition coefficient (Wildman–Crippen LogP) is 2.88. The molecule has 1 amide bonds. The van der Waals surface area contributed by atoms with E-state index >= 15 is 0 Å². The molecule has 2 N–H and O–H groups in total. The molecule has 4 rings (SSSR count). The molecular formula is C21H18ClF2N6O3+. The van der Waals surface area contributed by atoms with Crippen molar-refractivity contribution in [3.05, 3.63) is 59.6 Å². The van der Waals surface area contributed by atoms with Gasteiger partial charge in [0.2, 0.25) is 0 Å². The van der Waals surface area contributed by atoms with E-state index in [0.29, 0.717) is 0 Å². The Morgan fingerprint density at radius 2 is 2.21 bits per heavy atom. The quantitative estimate of drug-likeness (QED) is 0.425. The number of hydrogen-bond acceptors (Lipinski definition) is 5. The molecule has 0 unspecified atom stereocenters. The van der Waals surface area contributed by atoms with Gasteiger partial charge >= 0.3 is 12.3 Å². The van der Waals surface area contributed by atoms with E-state index in [1.54, 1.807) is 26.1 Å². The van der Waals surface area contributed by atoms with E-state index in [-0.39, 0.29) is 45.5 Å². The summed E-state index contributed by atoms with van der Waals surface area (Å²) >= 11 is 6.09. The van der Waals surface area contributed by atoms with Crippen molar-refractivity contribution in [2.24, 2.45) is 0 Å². The number of alkyl halides is 2. The summed E-state index contributed by atoms with van der Waals surface area (Å²) in [6.45, 7) is 0.147. The van der Waals surface area contributed by atoms with Crippen LogP contribution in [0.3, 0.4) is 0 Å². The molecule has 0 atom stereocenters. The number of carbonyl (C=O) groups excluding carboxylic acids is 1. The van der Waals surface area contributed by atoms with Crippen molar-refractivity contribution in [2.45, 2.75) is 32.6 Å². The lowest BCUT2D eigenvalue weighted by molar-refractivity contribution is -0.265. The average molecular weight is 476 g/mol. The zero-order valence-corrected chi connectivity index (χ0v) is 18.2. The van der Waals surface area contributed by atoms with Gasteiger partial charge in [0.15, 0.2) is 11.8 Å². The normalized spacial score (nSPS) is 11.6. The lowest BCUT2D eigenvalue weighted by atomic mass is 10.1. The van der Waals surface area contributed by atoms with Crippen LogP contribution in [0.1, 0.15) is 24.2 Å². The molecule has 3 heterocycles. The molecule has 0 bridgehead atoms. The number of fused-ring (bicyclic) bond motifs is 1. The molecule has 12 heteroatoms. The predicted molar refractivity (Wildman–Crippen MR) is 113 cm³/mol. The van der Waals surface area contributed by atoms with E-state index in [4.69, 9.17) is 11.6 Å². The summed E-state index contributed by atoms with van der Waals surface area (Å²) in [6.07, 6.45) is 7.05. The molecule has 0 aliphatic carbocycles. The van der Waals surface area contributed by atoms with Gasteiger partial charge in [0.25, 0.3) is 5.91 Å². The van der Waals surface area contributed by atoms with Crippen LogP contribution in [0.5, 0.6) is 5.75 Å². The van der Waals surface area contributed by atoms with Gasteiger partial charge in [-0.2, -0.15) is 13.9 Å². The number of rotatable bonds is 7. The minimum atomic E-state index is -3.08. The number of nitrogens with zero attached hydrogens (tertiary/aromatic N) is 5. The Kier molecular flexibility index (Phi) is 5.88. The molecule has 1 aromatic carbocycles. The number of carbonyl (C=O) groups is 1. The van der Waals surface area contributed by atoms with Gasteiger partial charge in [0.05, 0.1) is 30.1 Å². The average Bonchev–Trinajstić information content (AvgIpc) is 3.31. The van der Waals surface area contributed by atoms with Gasteiger partial charge in [0, 0.05) is 16.8 Å². The summed E-state index contributed by atoms with van der Waals surface area (Å²) < 4.78 is 33.4. The molecule has 0 spiro atoms. The summed E-state index contributed by atoms with van der Waals surface area (Å²) in [5.41, 5.74) is -0.234. The van der Waals surface area contributed by atoms with E-state index in [9.17, 15) is 18.7 Å². The number of halogens is 3. The Hall–Kier alpha value is -3.75. The Morgan fingerprint density at radius 3 is 2.94 bits per heavy atom. The maximum Gasteiger partial charge on any atom is 0.425 e. The zero-order chi connectivity index (χ0) is 23.8. The fraction of sp³-hybridized carbons (Fsp3) is 0.238. The molecular weight excluding hydrogens is 458 g/mol. The molecule has 0 aliphatic rings. The number of hydrogen-bond donors (Lipinski definition) is 2. The molecule has 9 nitrogen and oxygen atoms in total. The molecule has 0 aliphatic heterocycles. The summed E-state index contributed by atoms with van der Waals surface area (Å²) in [6, 6.07) is 5.63. The van der Waals surface area contributed by atoms with E-state index in [0.717, 1.165) is 0 Å². The minimum absolute atomic E-state index is 0.0642. The second-order valence-corrected chi connectivity index (χ2v) is 8.19. The van der Waals surface area contributed by atoms with Gasteiger partial charge in [-0.3, -0.25) is 9.48 Å². The molecule has 0 fully saturated rings. The first-order chi connectivity index (χ1) is 15.6. The fourth-order valence-corrected chi connectivity index (χ4v) is 3.38. The summed E-state index contributed by atoms with van der Waals surface area (Å²) in [5, 5.41) is 21.6. The highest BCUT2D eigenvalue weighted by molar-refractivity contribution is 6.31. The van der Waals surface area contributed by atoms with Crippen LogP contribution < -0.4 is 15.0 Å². The third-order valence-electron chi connectivity index (χ3n) is 4.45. The molecule has 4 aromatic rings. The molecule has 0 saturated heterocycles. The van der Waals surface area contributed by atoms with Crippen LogP contribution in [0.2, 0.25) is 5.02 Å². The Bertz CT molecular complexity index is 1320. The minimum Gasteiger partial charge on any atom is -0.434 e. The molecule has 0 radical (unpaired) electrons. The van der Waals surface area contributed by atoms with E-state index in [1.165, 1.54) is 39.8 Å². The SMILES string of the molecule is CC(C)(O)Cn1cc(NC(=O)c2cnn3ccc#[n+]c23)c(-c2cc(Cl)ccc2OC(F)F)n1. The summed E-state index contributed by atoms with van der Waals surface area (Å²) in [5.74, 6) is -0.731. The smallest absolute Gasteiger partial charge is 0.425 e. The second-order valence-electron chi connectivity index (χ2n) is 7.76. The Balaban J connectivity index is 1.78. The molecule has 33 heavy (non-hydrogen) atoms. The number of nitrogens with one attached hydrogen (secondary N) is 1. The number of benzene rings is 1. The number of anilines is 1. The third-order valence-corrected chi connectivity index (χ3v) is 4.68. The van der Waals surface area contributed by atoms with Crippen LogP contribution in [-0.4, -0.2) is 42.6 Å². The topological polar surface area (TPSA) is 108 Å². The van der Waals surface area contributed by atoms with Gasteiger partial charge in [-0.05, 0) is 32.0 Å². The number of aliphatic hydroxyl groups is 1. The highest BCUT2D eigenvalue weighted by Gasteiger charge is 2.25. The standard InChI is InChI=1S/C21H17ClF2N6O3/c1-21(2,32)11-29-10-15(27-19(31)14-9-26-30-7-3-6-25-18(14)30)17(28-29)13-8-12(22)4-5-16(13)33-20(23)24/h3-5,7-10,20,32H,11H2,1-2H3/p+1. The van der Waals surface area contributed by atoms with Crippen LogP contribution in [0.25, 0.3) is 16.9 Å². The number of amides is 1. The van der Waals surface area contributed by atoms with Crippen LogP contribution in [0, 0.1) is 6.20 Å². The van der Waals surface area contributed by atoms with Gasteiger partial charge < -0.3 is 15.2 Å². The first-order valence-electron chi connectivity index (χ1n) is 9.67. The molecule has 3 aromatic heterocycles. The van der Waals surface area contributed by atoms with E-state index in [1.807, 2.05) is 0 Å². The maximum atomic E-state index is 13.0. The van der Waals surface area contributed by atoms with Crippen LogP contribution in [0.4, 0.5) is 14.5 Å².